The van der Waals surface area contributed by atoms with Gasteiger partial charge in [-0.2, -0.15) is 0 Å². The van der Waals surface area contributed by atoms with Gasteiger partial charge in [0.2, 0.25) is 0 Å². The first-order valence-corrected chi connectivity index (χ1v) is 11.7. The lowest BCUT2D eigenvalue weighted by atomic mass is 9.84. The van der Waals surface area contributed by atoms with Crippen molar-refractivity contribution in [2.24, 2.45) is 0 Å². The molecule has 2 aromatic rings. The minimum absolute atomic E-state index is 0.643. The van der Waals surface area contributed by atoms with Gasteiger partial charge >= 0.3 is 0 Å². The molecule has 2 aromatic carbocycles. The highest BCUT2D eigenvalue weighted by atomic mass is 28.3. The Kier molecular flexibility index (Phi) is 4.71. The SMILES string of the molecule is C[Si](C)(Cc1ccccc1C1(O)CCOCC1)c1ccccc1. The maximum absolute atomic E-state index is 11.1. The molecule has 0 unspecified atom stereocenters. The number of hydrogen-bond acceptors (Lipinski definition) is 2. The Morgan fingerprint density at radius 3 is 2.26 bits per heavy atom. The van der Waals surface area contributed by atoms with Crippen LogP contribution in [0.2, 0.25) is 13.1 Å². The third-order valence-electron chi connectivity index (χ3n) is 5.03. The van der Waals surface area contributed by atoms with Gasteiger partial charge in [0.15, 0.2) is 0 Å². The quantitative estimate of drug-likeness (QED) is 0.873. The molecule has 0 amide bonds. The van der Waals surface area contributed by atoms with E-state index < -0.39 is 13.7 Å². The van der Waals surface area contributed by atoms with Gasteiger partial charge in [-0.3, -0.25) is 0 Å². The lowest BCUT2D eigenvalue weighted by Crippen LogP contribution is -2.45. The summed E-state index contributed by atoms with van der Waals surface area (Å²) in [7, 11) is -1.59. The normalized spacial score (nSPS) is 17.9. The first-order valence-electron chi connectivity index (χ1n) is 8.45. The molecule has 0 radical (unpaired) electrons. The maximum atomic E-state index is 11.1. The average Bonchev–Trinajstić information content (AvgIpc) is 2.56. The molecule has 0 atom stereocenters. The number of ether oxygens (including phenoxy) is 1. The fourth-order valence-electron chi connectivity index (χ4n) is 3.57. The van der Waals surface area contributed by atoms with E-state index in [4.69, 9.17) is 4.74 Å². The molecule has 1 aliphatic heterocycles. The molecule has 0 bridgehead atoms. The summed E-state index contributed by atoms with van der Waals surface area (Å²) < 4.78 is 5.45. The molecule has 122 valence electrons. The third-order valence-corrected chi connectivity index (χ3v) is 8.19. The summed E-state index contributed by atoms with van der Waals surface area (Å²) in [6.45, 7) is 6.11. The minimum Gasteiger partial charge on any atom is -0.385 e. The van der Waals surface area contributed by atoms with Crippen LogP contribution in [-0.4, -0.2) is 26.4 Å². The van der Waals surface area contributed by atoms with Crippen molar-refractivity contribution in [2.45, 2.75) is 37.6 Å². The second-order valence-corrected chi connectivity index (χ2v) is 11.9. The van der Waals surface area contributed by atoms with Crippen LogP contribution in [0.4, 0.5) is 0 Å². The summed E-state index contributed by atoms with van der Waals surface area (Å²) in [6, 6.07) is 20.3. The molecule has 0 aliphatic carbocycles. The second kappa shape index (κ2) is 6.60. The minimum atomic E-state index is -1.59. The van der Waals surface area contributed by atoms with Gasteiger partial charge in [-0.15, -0.1) is 0 Å². The molecule has 1 saturated heterocycles. The van der Waals surface area contributed by atoms with E-state index in [1.807, 2.05) is 6.07 Å². The van der Waals surface area contributed by atoms with Crippen LogP contribution in [0.5, 0.6) is 0 Å². The molecule has 0 aromatic heterocycles. The average molecular weight is 327 g/mol. The van der Waals surface area contributed by atoms with Crippen LogP contribution in [0, 0.1) is 0 Å². The predicted octanol–water partition coefficient (Wildman–Crippen LogP) is 3.38. The van der Waals surface area contributed by atoms with Crippen molar-refractivity contribution < 1.29 is 9.84 Å². The van der Waals surface area contributed by atoms with E-state index in [1.54, 1.807) is 0 Å². The van der Waals surface area contributed by atoms with Crippen LogP contribution in [0.15, 0.2) is 54.6 Å². The number of hydrogen-bond donors (Lipinski definition) is 1. The molecule has 0 saturated carbocycles. The van der Waals surface area contributed by atoms with E-state index in [2.05, 4.69) is 61.6 Å². The molecule has 23 heavy (non-hydrogen) atoms. The molecular formula is C20H26O2Si. The highest BCUT2D eigenvalue weighted by Crippen LogP contribution is 2.35. The molecule has 2 nitrogen and oxygen atoms in total. The van der Waals surface area contributed by atoms with Crippen LogP contribution in [0.25, 0.3) is 0 Å². The first-order chi connectivity index (χ1) is 11.0. The van der Waals surface area contributed by atoms with Crippen LogP contribution in [0.1, 0.15) is 24.0 Å². The van der Waals surface area contributed by atoms with E-state index >= 15 is 0 Å². The fourth-order valence-corrected chi connectivity index (χ4v) is 6.13. The van der Waals surface area contributed by atoms with Gasteiger partial charge in [0.25, 0.3) is 0 Å². The van der Waals surface area contributed by atoms with Gasteiger partial charge < -0.3 is 9.84 Å². The first kappa shape index (κ1) is 16.4. The molecule has 1 N–H and O–H groups in total. The molecule has 1 heterocycles. The Hall–Kier alpha value is -1.42. The van der Waals surface area contributed by atoms with E-state index in [-0.39, 0.29) is 0 Å². The largest absolute Gasteiger partial charge is 0.385 e. The molecule has 1 fully saturated rings. The molecule has 3 rings (SSSR count). The van der Waals surface area contributed by atoms with E-state index in [1.165, 1.54) is 10.8 Å². The number of rotatable bonds is 4. The topological polar surface area (TPSA) is 29.5 Å². The summed E-state index contributed by atoms with van der Waals surface area (Å²) in [4.78, 5) is 0. The van der Waals surface area contributed by atoms with Crippen LogP contribution in [-0.2, 0) is 16.4 Å². The Morgan fingerprint density at radius 2 is 1.57 bits per heavy atom. The maximum Gasteiger partial charge on any atom is 0.0942 e. The zero-order valence-corrected chi connectivity index (χ0v) is 15.1. The molecule has 0 spiro atoms. The monoisotopic (exact) mass is 326 g/mol. The predicted molar refractivity (Wildman–Crippen MR) is 97.7 cm³/mol. The van der Waals surface area contributed by atoms with E-state index in [9.17, 15) is 5.11 Å². The Balaban J connectivity index is 1.92. The van der Waals surface area contributed by atoms with E-state index in [0.29, 0.717) is 26.1 Å². The summed E-state index contributed by atoms with van der Waals surface area (Å²) in [5.41, 5.74) is 1.69. The summed E-state index contributed by atoms with van der Waals surface area (Å²) in [5, 5.41) is 12.6. The lowest BCUT2D eigenvalue weighted by molar-refractivity contribution is -0.0683. The Bertz CT molecular complexity index is 646. The highest BCUT2D eigenvalue weighted by molar-refractivity contribution is 6.89. The highest BCUT2D eigenvalue weighted by Gasteiger charge is 2.35. The van der Waals surface area contributed by atoms with Gasteiger partial charge in [-0.25, -0.2) is 0 Å². The lowest BCUT2D eigenvalue weighted by Gasteiger charge is -2.35. The Labute approximate surface area is 140 Å². The van der Waals surface area contributed by atoms with Crippen molar-refractivity contribution in [1.82, 2.24) is 0 Å². The third kappa shape index (κ3) is 3.57. The van der Waals surface area contributed by atoms with Crippen molar-refractivity contribution in [3.63, 3.8) is 0 Å². The van der Waals surface area contributed by atoms with Crippen LogP contribution < -0.4 is 5.19 Å². The van der Waals surface area contributed by atoms with Crippen molar-refractivity contribution in [1.29, 1.82) is 0 Å². The zero-order chi connectivity index (χ0) is 16.3. The van der Waals surface area contributed by atoms with Gasteiger partial charge in [-0.1, -0.05) is 72.9 Å². The summed E-state index contributed by atoms with van der Waals surface area (Å²) in [6.07, 6.45) is 1.38. The zero-order valence-electron chi connectivity index (χ0n) is 14.1. The summed E-state index contributed by atoms with van der Waals surface area (Å²) >= 11 is 0. The van der Waals surface area contributed by atoms with E-state index in [0.717, 1.165) is 11.6 Å². The van der Waals surface area contributed by atoms with Crippen molar-refractivity contribution in [3.8, 4) is 0 Å². The van der Waals surface area contributed by atoms with Gasteiger partial charge in [0, 0.05) is 26.1 Å². The van der Waals surface area contributed by atoms with Crippen molar-refractivity contribution in [3.05, 3.63) is 65.7 Å². The van der Waals surface area contributed by atoms with Crippen molar-refractivity contribution in [2.75, 3.05) is 13.2 Å². The van der Waals surface area contributed by atoms with Gasteiger partial charge in [0.1, 0.15) is 0 Å². The van der Waals surface area contributed by atoms with Crippen LogP contribution >= 0.6 is 0 Å². The standard InChI is InChI=1S/C20H26O2Si/c1-23(2,18-9-4-3-5-10-18)16-17-8-6-7-11-19(17)20(21)12-14-22-15-13-20/h3-11,21H,12-16H2,1-2H3. The molecule has 1 aliphatic rings. The number of aliphatic hydroxyl groups is 1. The van der Waals surface area contributed by atoms with Gasteiger partial charge in [-0.05, 0) is 17.2 Å². The smallest absolute Gasteiger partial charge is 0.0942 e. The molecule has 3 heteroatoms. The molecular weight excluding hydrogens is 300 g/mol. The van der Waals surface area contributed by atoms with Crippen LogP contribution in [0.3, 0.4) is 0 Å². The fraction of sp³-hybridized carbons (Fsp3) is 0.400. The second-order valence-electron chi connectivity index (χ2n) is 7.23. The number of benzene rings is 2. The Morgan fingerprint density at radius 1 is 0.957 bits per heavy atom. The summed E-state index contributed by atoms with van der Waals surface area (Å²) in [5.74, 6) is 0. The van der Waals surface area contributed by atoms with Gasteiger partial charge in [0.05, 0.1) is 13.7 Å². The van der Waals surface area contributed by atoms with Crippen molar-refractivity contribution >= 4 is 13.3 Å².